The van der Waals surface area contributed by atoms with Crippen molar-refractivity contribution in [3.8, 4) is 0 Å². The molecule has 2 N–H and O–H groups in total. The third-order valence-corrected chi connectivity index (χ3v) is 6.79. The quantitative estimate of drug-likeness (QED) is 0.152. The van der Waals surface area contributed by atoms with Crippen molar-refractivity contribution >= 4 is 17.6 Å². The normalized spacial score (nSPS) is 24.3. The highest BCUT2D eigenvalue weighted by Gasteiger charge is 2.41. The molecule has 0 amide bonds. The van der Waals surface area contributed by atoms with Crippen LogP contribution in [0.1, 0.15) is 102 Å². The second-order valence-electron chi connectivity index (χ2n) is 9.32. The van der Waals surface area contributed by atoms with Crippen LogP contribution in [0.2, 0.25) is 0 Å². The Labute approximate surface area is 199 Å². The van der Waals surface area contributed by atoms with E-state index in [1.165, 1.54) is 0 Å². The lowest BCUT2D eigenvalue weighted by atomic mass is 9.84. The Morgan fingerprint density at radius 1 is 1.19 bits per heavy atom. The van der Waals surface area contributed by atoms with E-state index >= 15 is 0 Å². The molecule has 0 unspecified atom stereocenters. The first-order valence-electron chi connectivity index (χ1n) is 12.3. The molecule has 0 saturated heterocycles. The molecule has 0 spiro atoms. The number of unbranched alkanes of at least 4 members (excludes halogenated alkanes) is 3. The number of ether oxygens (including phenoxy) is 1. The van der Waals surface area contributed by atoms with E-state index in [1.54, 1.807) is 0 Å². The lowest BCUT2D eigenvalue weighted by Gasteiger charge is -2.23. The van der Waals surface area contributed by atoms with Gasteiger partial charge in [-0.1, -0.05) is 62.6 Å². The number of benzene rings is 1. The third-order valence-electron chi connectivity index (χ3n) is 6.29. The fourth-order valence-corrected chi connectivity index (χ4v) is 5.02. The SMILES string of the molecule is CCCCC[C@@H](O)c1ccc([C@@H]2[C@@H](C/C=C/CCCC(=O)OC(C)C)[C@H](Cl)C[C@H]2O)cc1. The molecule has 1 aromatic rings. The van der Waals surface area contributed by atoms with Crippen LogP contribution in [0, 0.1) is 5.92 Å². The maximum Gasteiger partial charge on any atom is 0.306 e. The number of aliphatic hydroxyl groups is 2. The zero-order chi connectivity index (χ0) is 23.5. The molecule has 1 aliphatic carbocycles. The minimum absolute atomic E-state index is 0.00514. The molecule has 0 bridgehead atoms. The van der Waals surface area contributed by atoms with Crippen molar-refractivity contribution < 1.29 is 19.7 Å². The van der Waals surface area contributed by atoms with Crippen molar-refractivity contribution in [2.75, 3.05) is 0 Å². The summed E-state index contributed by atoms with van der Waals surface area (Å²) < 4.78 is 5.15. The van der Waals surface area contributed by atoms with Crippen LogP contribution in [0.25, 0.3) is 0 Å². The Balaban J connectivity index is 1.89. The fraction of sp³-hybridized carbons (Fsp3) is 0.667. The van der Waals surface area contributed by atoms with Gasteiger partial charge < -0.3 is 14.9 Å². The van der Waals surface area contributed by atoms with Crippen LogP contribution in [0.4, 0.5) is 0 Å². The third kappa shape index (κ3) is 8.53. The molecule has 180 valence electrons. The maximum absolute atomic E-state index is 11.6. The molecule has 0 aromatic heterocycles. The summed E-state index contributed by atoms with van der Waals surface area (Å²) in [6.07, 6.45) is 10.8. The van der Waals surface area contributed by atoms with Crippen molar-refractivity contribution in [2.24, 2.45) is 5.92 Å². The number of carbonyl (C=O) groups excluding carboxylic acids is 1. The summed E-state index contributed by atoms with van der Waals surface area (Å²) in [6.45, 7) is 5.87. The van der Waals surface area contributed by atoms with Crippen LogP contribution in [0.3, 0.4) is 0 Å². The Kier molecular flexibility index (Phi) is 11.8. The van der Waals surface area contributed by atoms with E-state index in [-0.39, 0.29) is 29.3 Å². The second kappa shape index (κ2) is 14.0. The van der Waals surface area contributed by atoms with Gasteiger partial charge in [0.15, 0.2) is 0 Å². The molecule has 0 heterocycles. The molecule has 5 atom stereocenters. The van der Waals surface area contributed by atoms with E-state index in [0.717, 1.165) is 56.1 Å². The van der Waals surface area contributed by atoms with Crippen molar-refractivity contribution in [1.29, 1.82) is 0 Å². The summed E-state index contributed by atoms with van der Waals surface area (Å²) in [7, 11) is 0. The van der Waals surface area contributed by atoms with E-state index in [0.29, 0.717) is 12.8 Å². The number of allylic oxidation sites excluding steroid dienone is 2. The maximum atomic E-state index is 11.6. The topological polar surface area (TPSA) is 66.8 Å². The predicted octanol–water partition coefficient (Wildman–Crippen LogP) is 6.44. The van der Waals surface area contributed by atoms with Crippen molar-refractivity contribution in [3.05, 3.63) is 47.5 Å². The summed E-state index contributed by atoms with van der Waals surface area (Å²) in [5, 5.41) is 21.0. The molecular formula is C27H41ClO4. The van der Waals surface area contributed by atoms with Crippen LogP contribution in [0.15, 0.2) is 36.4 Å². The monoisotopic (exact) mass is 464 g/mol. The molecule has 0 aliphatic heterocycles. The summed E-state index contributed by atoms with van der Waals surface area (Å²) in [6, 6.07) is 8.06. The fourth-order valence-electron chi connectivity index (χ4n) is 4.58. The first kappa shape index (κ1) is 26.9. The largest absolute Gasteiger partial charge is 0.463 e. The first-order chi connectivity index (χ1) is 15.3. The smallest absolute Gasteiger partial charge is 0.306 e. The average Bonchev–Trinajstić information content (AvgIpc) is 3.03. The lowest BCUT2D eigenvalue weighted by Crippen LogP contribution is -2.18. The van der Waals surface area contributed by atoms with Crippen LogP contribution < -0.4 is 0 Å². The molecule has 32 heavy (non-hydrogen) atoms. The van der Waals surface area contributed by atoms with E-state index in [9.17, 15) is 15.0 Å². The van der Waals surface area contributed by atoms with E-state index in [4.69, 9.17) is 16.3 Å². The average molecular weight is 465 g/mol. The number of esters is 1. The standard InChI is InChI=1S/C27H41ClO4/c1-4-5-8-12-24(29)20-14-16-21(17-15-20)27-22(23(28)18-25(27)30)11-9-6-7-10-13-26(31)32-19(2)3/h6,9,14-17,19,22-25,27,29-30H,4-5,7-8,10-13,18H2,1-3H3/b9-6+/t22-,23+,24+,25+,27+/m0/s1. The zero-order valence-electron chi connectivity index (χ0n) is 19.9. The van der Waals surface area contributed by atoms with Gasteiger partial charge in [-0.15, -0.1) is 11.6 Å². The minimum Gasteiger partial charge on any atom is -0.463 e. The number of rotatable bonds is 13. The van der Waals surface area contributed by atoms with Gasteiger partial charge in [-0.05, 0) is 63.0 Å². The first-order valence-corrected chi connectivity index (χ1v) is 12.7. The number of aliphatic hydroxyl groups excluding tert-OH is 2. The lowest BCUT2D eigenvalue weighted by molar-refractivity contribution is -0.147. The zero-order valence-corrected chi connectivity index (χ0v) is 20.6. The van der Waals surface area contributed by atoms with Crippen molar-refractivity contribution in [1.82, 2.24) is 0 Å². The van der Waals surface area contributed by atoms with Crippen molar-refractivity contribution in [2.45, 2.75) is 108 Å². The molecule has 1 aliphatic rings. The molecule has 5 heteroatoms. The molecule has 4 nitrogen and oxygen atoms in total. The predicted molar refractivity (Wildman–Crippen MR) is 131 cm³/mol. The van der Waals surface area contributed by atoms with E-state index in [1.807, 2.05) is 38.1 Å². The van der Waals surface area contributed by atoms with Crippen LogP contribution in [-0.4, -0.2) is 33.8 Å². The molecule has 1 saturated carbocycles. The highest BCUT2D eigenvalue weighted by molar-refractivity contribution is 6.21. The summed E-state index contributed by atoms with van der Waals surface area (Å²) >= 11 is 6.61. The molecule has 1 fully saturated rings. The van der Waals surface area contributed by atoms with Gasteiger partial charge in [0.25, 0.3) is 0 Å². The van der Waals surface area contributed by atoms with Gasteiger partial charge in [-0.2, -0.15) is 0 Å². The second-order valence-corrected chi connectivity index (χ2v) is 9.89. The summed E-state index contributed by atoms with van der Waals surface area (Å²) in [5.74, 6) is 0.00994. The molecule has 1 aromatic carbocycles. The van der Waals surface area contributed by atoms with Crippen LogP contribution >= 0.6 is 11.6 Å². The minimum atomic E-state index is -0.456. The van der Waals surface area contributed by atoms with Gasteiger partial charge in [0, 0.05) is 17.7 Å². The Bertz CT molecular complexity index is 700. The highest BCUT2D eigenvalue weighted by Crippen LogP contribution is 2.45. The van der Waals surface area contributed by atoms with E-state index in [2.05, 4.69) is 19.1 Å². The van der Waals surface area contributed by atoms with Gasteiger partial charge in [0.2, 0.25) is 0 Å². The number of hydrogen-bond donors (Lipinski definition) is 2. The number of carbonyl (C=O) groups is 1. The van der Waals surface area contributed by atoms with Gasteiger partial charge in [0.1, 0.15) is 0 Å². The Hall–Kier alpha value is -1.36. The number of halogens is 1. The van der Waals surface area contributed by atoms with E-state index < -0.39 is 12.2 Å². The Morgan fingerprint density at radius 3 is 2.56 bits per heavy atom. The molecule has 2 rings (SSSR count). The molecular weight excluding hydrogens is 424 g/mol. The number of alkyl halides is 1. The van der Waals surface area contributed by atoms with Gasteiger partial charge in [-0.3, -0.25) is 4.79 Å². The van der Waals surface area contributed by atoms with Crippen LogP contribution in [0.5, 0.6) is 0 Å². The summed E-state index contributed by atoms with van der Waals surface area (Å²) in [4.78, 5) is 11.6. The Morgan fingerprint density at radius 2 is 1.91 bits per heavy atom. The number of hydrogen-bond acceptors (Lipinski definition) is 4. The van der Waals surface area contributed by atoms with Gasteiger partial charge >= 0.3 is 5.97 Å². The van der Waals surface area contributed by atoms with Gasteiger partial charge in [-0.25, -0.2) is 0 Å². The molecule has 0 radical (unpaired) electrons. The highest BCUT2D eigenvalue weighted by atomic mass is 35.5. The van der Waals surface area contributed by atoms with Crippen LogP contribution in [-0.2, 0) is 9.53 Å². The summed E-state index contributed by atoms with van der Waals surface area (Å²) in [5.41, 5.74) is 2.02. The van der Waals surface area contributed by atoms with Crippen molar-refractivity contribution in [3.63, 3.8) is 0 Å². The van der Waals surface area contributed by atoms with Gasteiger partial charge in [0.05, 0.1) is 18.3 Å².